The van der Waals surface area contributed by atoms with Crippen molar-refractivity contribution < 1.29 is 0 Å². The van der Waals surface area contributed by atoms with Crippen LogP contribution in [-0.2, 0) is 6.42 Å². The highest BCUT2D eigenvalue weighted by molar-refractivity contribution is 5.99. The minimum Gasteiger partial charge on any atom is -0.294 e. The van der Waals surface area contributed by atoms with Gasteiger partial charge >= 0.3 is 0 Å². The molecule has 0 aliphatic rings. The zero-order valence-corrected chi connectivity index (χ0v) is 14.1. The lowest BCUT2D eigenvalue weighted by atomic mass is 10.1. The highest BCUT2D eigenvalue weighted by atomic mass is 16.1. The Balaban J connectivity index is 2.61. The van der Waals surface area contributed by atoms with E-state index >= 15 is 0 Å². The lowest BCUT2D eigenvalue weighted by Gasteiger charge is -2.13. The molecule has 2 rings (SSSR count). The molecule has 1 N–H and O–H groups in total. The molecule has 0 atom stereocenters. The van der Waals surface area contributed by atoms with Gasteiger partial charge in [0.1, 0.15) is 0 Å². The lowest BCUT2D eigenvalue weighted by Crippen LogP contribution is -2.22. The van der Waals surface area contributed by atoms with Crippen molar-refractivity contribution in [2.75, 3.05) is 0 Å². The van der Waals surface area contributed by atoms with Crippen LogP contribution >= 0.6 is 0 Å². The van der Waals surface area contributed by atoms with E-state index in [1.54, 1.807) is 4.68 Å². The fraction of sp³-hybridized carbons (Fsp3) is 0.444. The predicted octanol–water partition coefficient (Wildman–Crippen LogP) is 3.73. The van der Waals surface area contributed by atoms with Crippen LogP contribution in [0.15, 0.2) is 40.1 Å². The summed E-state index contributed by atoms with van der Waals surface area (Å²) in [5, 5.41) is 3.26. The van der Waals surface area contributed by atoms with Crippen molar-refractivity contribution in [3.8, 4) is 5.69 Å². The van der Waals surface area contributed by atoms with Crippen molar-refractivity contribution in [1.82, 2.24) is 9.78 Å². The summed E-state index contributed by atoms with van der Waals surface area (Å²) in [5.74, 6) is 0. The molecule has 22 heavy (non-hydrogen) atoms. The highest BCUT2D eigenvalue weighted by Crippen LogP contribution is 2.14. The molecule has 0 bridgehead atoms. The summed E-state index contributed by atoms with van der Waals surface area (Å²) in [4.78, 5) is 17.5. The topological polar surface area (TPSA) is 50.1 Å². The summed E-state index contributed by atoms with van der Waals surface area (Å²) >= 11 is 0. The van der Waals surface area contributed by atoms with E-state index in [1.165, 1.54) is 0 Å². The molecule has 0 amide bonds. The average Bonchev–Trinajstić information content (AvgIpc) is 2.75. The average molecular weight is 299 g/mol. The van der Waals surface area contributed by atoms with E-state index in [4.69, 9.17) is 0 Å². The third-order valence-corrected chi connectivity index (χ3v) is 3.34. The quantitative estimate of drug-likeness (QED) is 0.859. The lowest BCUT2D eigenvalue weighted by molar-refractivity contribution is 0.583. The van der Waals surface area contributed by atoms with E-state index in [0.29, 0.717) is 5.56 Å². The maximum Gasteiger partial charge on any atom is 0.280 e. The third kappa shape index (κ3) is 3.56. The SMILES string of the molecule is CCCc1[nH]n(-c2ccccc2)c(=O)c1C(C)=NC(C)(C)C. The van der Waals surface area contributed by atoms with E-state index in [1.807, 2.05) is 58.0 Å². The molecule has 0 unspecified atom stereocenters. The van der Waals surface area contributed by atoms with Crippen LogP contribution in [0.25, 0.3) is 5.69 Å². The van der Waals surface area contributed by atoms with E-state index in [2.05, 4.69) is 17.0 Å². The Kier molecular flexibility index (Phi) is 4.69. The fourth-order valence-corrected chi connectivity index (χ4v) is 2.60. The Morgan fingerprint density at radius 1 is 1.23 bits per heavy atom. The van der Waals surface area contributed by atoms with Crippen LogP contribution in [0.3, 0.4) is 0 Å². The van der Waals surface area contributed by atoms with E-state index in [0.717, 1.165) is 29.9 Å². The molecule has 0 saturated heterocycles. The molecule has 0 fully saturated rings. The van der Waals surface area contributed by atoms with E-state index in [-0.39, 0.29) is 11.1 Å². The van der Waals surface area contributed by atoms with Gasteiger partial charge in [-0.15, -0.1) is 0 Å². The number of hydrogen-bond acceptors (Lipinski definition) is 2. The highest BCUT2D eigenvalue weighted by Gasteiger charge is 2.19. The number of H-pyrrole nitrogens is 1. The summed E-state index contributed by atoms with van der Waals surface area (Å²) in [6.45, 7) is 10.2. The molecular weight excluding hydrogens is 274 g/mol. The summed E-state index contributed by atoms with van der Waals surface area (Å²) in [5.41, 5.74) is 3.09. The van der Waals surface area contributed by atoms with Crippen LogP contribution < -0.4 is 5.56 Å². The van der Waals surface area contributed by atoms with Crippen LogP contribution in [0.2, 0.25) is 0 Å². The molecule has 4 nitrogen and oxygen atoms in total. The van der Waals surface area contributed by atoms with Crippen molar-refractivity contribution in [3.63, 3.8) is 0 Å². The van der Waals surface area contributed by atoms with Gasteiger partial charge in [0, 0.05) is 11.4 Å². The Bertz CT molecular complexity index is 715. The number of para-hydroxylation sites is 1. The molecule has 1 aromatic heterocycles. The van der Waals surface area contributed by atoms with Gasteiger partial charge in [0.15, 0.2) is 0 Å². The normalized spacial score (nSPS) is 12.7. The number of rotatable bonds is 4. The van der Waals surface area contributed by atoms with Gasteiger partial charge in [0.2, 0.25) is 0 Å². The number of benzene rings is 1. The van der Waals surface area contributed by atoms with Gasteiger partial charge in [0.05, 0.1) is 16.8 Å². The number of aromatic nitrogens is 2. The first-order valence-electron chi connectivity index (χ1n) is 7.79. The molecule has 0 spiro atoms. The summed E-state index contributed by atoms with van der Waals surface area (Å²) in [6, 6.07) is 9.65. The molecule has 1 aromatic carbocycles. The minimum atomic E-state index is -0.200. The maximum atomic E-state index is 12.8. The monoisotopic (exact) mass is 299 g/mol. The van der Waals surface area contributed by atoms with Gasteiger partial charge in [-0.1, -0.05) is 31.5 Å². The van der Waals surface area contributed by atoms with E-state index < -0.39 is 0 Å². The van der Waals surface area contributed by atoms with Crippen molar-refractivity contribution in [2.24, 2.45) is 4.99 Å². The molecular formula is C18H25N3O. The first-order chi connectivity index (χ1) is 10.3. The van der Waals surface area contributed by atoms with Crippen molar-refractivity contribution in [3.05, 3.63) is 51.9 Å². The molecule has 4 heteroatoms. The molecule has 2 aromatic rings. The van der Waals surface area contributed by atoms with Gasteiger partial charge in [-0.2, -0.15) is 0 Å². The van der Waals surface area contributed by atoms with Crippen LogP contribution in [0.5, 0.6) is 0 Å². The Morgan fingerprint density at radius 3 is 2.41 bits per heavy atom. The standard InChI is InChI=1S/C18H25N3O/c1-6-10-15-16(13(2)19-18(3,4)5)17(22)21(20-15)14-11-8-7-9-12-14/h7-9,11-12,20H,6,10H2,1-5H3. The van der Waals surface area contributed by atoms with Crippen molar-refractivity contribution >= 4 is 5.71 Å². The summed E-state index contributed by atoms with van der Waals surface area (Å²) < 4.78 is 1.61. The molecule has 0 radical (unpaired) electrons. The van der Waals surface area contributed by atoms with Crippen molar-refractivity contribution in [1.29, 1.82) is 0 Å². The number of nitrogens with one attached hydrogen (secondary N) is 1. The van der Waals surface area contributed by atoms with Crippen LogP contribution in [-0.4, -0.2) is 21.0 Å². The molecule has 118 valence electrons. The zero-order valence-electron chi connectivity index (χ0n) is 14.1. The molecule has 0 saturated carbocycles. The summed E-state index contributed by atoms with van der Waals surface area (Å²) in [6.07, 6.45) is 1.81. The first kappa shape index (κ1) is 16.3. The fourth-order valence-electron chi connectivity index (χ4n) is 2.60. The van der Waals surface area contributed by atoms with Crippen LogP contribution in [0, 0.1) is 0 Å². The second kappa shape index (κ2) is 6.34. The number of aliphatic imine (C=N–C) groups is 1. The third-order valence-electron chi connectivity index (χ3n) is 3.34. The van der Waals surface area contributed by atoms with Gasteiger partial charge in [-0.05, 0) is 46.2 Å². The zero-order chi connectivity index (χ0) is 16.3. The smallest absolute Gasteiger partial charge is 0.280 e. The second-order valence-corrected chi connectivity index (χ2v) is 6.56. The second-order valence-electron chi connectivity index (χ2n) is 6.56. The number of hydrogen-bond donors (Lipinski definition) is 1. The first-order valence-corrected chi connectivity index (χ1v) is 7.79. The maximum absolute atomic E-state index is 12.8. The predicted molar refractivity (Wildman–Crippen MR) is 92.3 cm³/mol. The summed E-state index contributed by atoms with van der Waals surface area (Å²) in [7, 11) is 0. The van der Waals surface area contributed by atoms with Crippen molar-refractivity contribution in [2.45, 2.75) is 53.0 Å². The largest absolute Gasteiger partial charge is 0.294 e. The molecule has 1 heterocycles. The van der Waals surface area contributed by atoms with Gasteiger partial charge in [-0.3, -0.25) is 14.9 Å². The number of nitrogens with zero attached hydrogens (tertiary/aromatic N) is 2. The Morgan fingerprint density at radius 2 is 1.86 bits per heavy atom. The molecule has 0 aliphatic carbocycles. The number of aryl methyl sites for hydroxylation is 1. The van der Waals surface area contributed by atoms with E-state index in [9.17, 15) is 4.79 Å². The van der Waals surface area contributed by atoms with Gasteiger partial charge in [-0.25, -0.2) is 4.68 Å². The Hall–Kier alpha value is -2.10. The van der Waals surface area contributed by atoms with Gasteiger partial charge in [0.25, 0.3) is 5.56 Å². The van der Waals surface area contributed by atoms with Crippen LogP contribution in [0.4, 0.5) is 0 Å². The van der Waals surface area contributed by atoms with Crippen LogP contribution in [0.1, 0.15) is 52.3 Å². The number of aromatic amines is 1. The Labute approximate surface area is 131 Å². The van der Waals surface area contributed by atoms with Gasteiger partial charge < -0.3 is 0 Å². The molecule has 0 aliphatic heterocycles. The minimum absolute atomic E-state index is 0.0276.